The second kappa shape index (κ2) is 5.92. The summed E-state index contributed by atoms with van der Waals surface area (Å²) in [5.74, 6) is 0.517. The summed E-state index contributed by atoms with van der Waals surface area (Å²) in [6.45, 7) is 2.33. The molecule has 0 heterocycles. The van der Waals surface area contributed by atoms with Crippen LogP contribution in [0.2, 0.25) is 0 Å². The van der Waals surface area contributed by atoms with Crippen LogP contribution in [-0.2, 0) is 0 Å². The second-order valence-corrected chi connectivity index (χ2v) is 3.33. The van der Waals surface area contributed by atoms with Gasteiger partial charge in [0.2, 0.25) is 0 Å². The summed E-state index contributed by atoms with van der Waals surface area (Å²) in [7, 11) is 0. The highest BCUT2D eigenvalue weighted by molar-refractivity contribution is 7.80. The van der Waals surface area contributed by atoms with Gasteiger partial charge in [0.15, 0.2) is 16.6 Å². The lowest BCUT2D eigenvalue weighted by Gasteiger charge is -2.05. The summed E-state index contributed by atoms with van der Waals surface area (Å²) in [6, 6.07) is 4.90. The zero-order valence-electron chi connectivity index (χ0n) is 8.80. The van der Waals surface area contributed by atoms with Gasteiger partial charge in [0, 0.05) is 0 Å². The molecule has 16 heavy (non-hydrogen) atoms. The SMILES string of the molecule is CCOc1cc(C=NNC(N)=S)ccc1O. The summed E-state index contributed by atoms with van der Waals surface area (Å²) in [5, 5.41) is 13.3. The second-order valence-electron chi connectivity index (χ2n) is 2.89. The van der Waals surface area contributed by atoms with Gasteiger partial charge in [0.25, 0.3) is 0 Å². The van der Waals surface area contributed by atoms with Crippen LogP contribution in [0.25, 0.3) is 0 Å². The van der Waals surface area contributed by atoms with Crippen molar-refractivity contribution in [2.75, 3.05) is 6.61 Å². The number of aromatic hydroxyl groups is 1. The van der Waals surface area contributed by atoms with E-state index in [1.807, 2.05) is 6.92 Å². The molecule has 1 aromatic carbocycles. The molecule has 1 rings (SSSR count). The number of phenolic OH excluding ortho intramolecular Hbond substituents is 1. The first-order valence-electron chi connectivity index (χ1n) is 4.67. The number of phenols is 1. The molecule has 0 unspecified atom stereocenters. The summed E-state index contributed by atoms with van der Waals surface area (Å²) in [5.41, 5.74) is 8.40. The van der Waals surface area contributed by atoms with Crippen LogP contribution in [0.3, 0.4) is 0 Å². The molecule has 0 radical (unpaired) electrons. The number of nitrogens with one attached hydrogen (secondary N) is 1. The maximum Gasteiger partial charge on any atom is 0.184 e. The molecule has 0 aliphatic rings. The van der Waals surface area contributed by atoms with Crippen LogP contribution in [0, 0.1) is 0 Å². The third kappa shape index (κ3) is 3.74. The van der Waals surface area contributed by atoms with Crippen LogP contribution in [0.4, 0.5) is 0 Å². The number of thiocarbonyl (C=S) groups is 1. The number of hydrogen-bond donors (Lipinski definition) is 3. The monoisotopic (exact) mass is 239 g/mol. The van der Waals surface area contributed by atoms with Crippen LogP contribution in [-0.4, -0.2) is 23.0 Å². The molecule has 0 saturated heterocycles. The predicted octanol–water partition coefficient (Wildman–Crippen LogP) is 0.958. The van der Waals surface area contributed by atoms with Gasteiger partial charge in [-0.2, -0.15) is 5.10 Å². The van der Waals surface area contributed by atoms with Crippen LogP contribution in [0.15, 0.2) is 23.3 Å². The van der Waals surface area contributed by atoms with Crippen LogP contribution >= 0.6 is 12.2 Å². The minimum atomic E-state index is 0.0973. The van der Waals surface area contributed by atoms with Crippen molar-refractivity contribution >= 4 is 23.5 Å². The summed E-state index contributed by atoms with van der Waals surface area (Å²) < 4.78 is 5.22. The fraction of sp³-hybridized carbons (Fsp3) is 0.200. The lowest BCUT2D eigenvalue weighted by molar-refractivity contribution is 0.318. The Bertz CT molecular complexity index is 407. The van der Waals surface area contributed by atoms with E-state index in [9.17, 15) is 5.11 Å². The van der Waals surface area contributed by atoms with E-state index >= 15 is 0 Å². The van der Waals surface area contributed by atoms with Crippen LogP contribution in [0.1, 0.15) is 12.5 Å². The molecule has 0 atom stereocenters. The van der Waals surface area contributed by atoms with Crippen molar-refractivity contribution in [1.29, 1.82) is 0 Å². The molecule has 0 saturated carbocycles. The van der Waals surface area contributed by atoms with Crippen molar-refractivity contribution in [3.63, 3.8) is 0 Å². The first kappa shape index (κ1) is 12.3. The molecule has 0 aromatic heterocycles. The lowest BCUT2D eigenvalue weighted by Crippen LogP contribution is -2.23. The fourth-order valence-corrected chi connectivity index (χ4v) is 1.11. The van der Waals surface area contributed by atoms with E-state index in [0.717, 1.165) is 5.56 Å². The van der Waals surface area contributed by atoms with E-state index in [1.54, 1.807) is 12.1 Å². The fourth-order valence-electron chi connectivity index (χ4n) is 1.05. The molecule has 0 spiro atoms. The molecule has 6 heteroatoms. The number of hydrogen-bond acceptors (Lipinski definition) is 4. The minimum Gasteiger partial charge on any atom is -0.504 e. The zero-order valence-corrected chi connectivity index (χ0v) is 9.62. The molecule has 5 nitrogen and oxygen atoms in total. The normalized spacial score (nSPS) is 10.3. The number of nitrogens with two attached hydrogens (primary N) is 1. The Morgan fingerprint density at radius 1 is 1.69 bits per heavy atom. The number of nitrogens with zero attached hydrogens (tertiary/aromatic N) is 1. The summed E-state index contributed by atoms with van der Waals surface area (Å²) in [4.78, 5) is 0. The predicted molar refractivity (Wildman–Crippen MR) is 66.8 cm³/mol. The molecule has 0 amide bonds. The van der Waals surface area contributed by atoms with Gasteiger partial charge in [-0.3, -0.25) is 5.43 Å². The smallest absolute Gasteiger partial charge is 0.184 e. The average molecular weight is 239 g/mol. The Kier molecular flexibility index (Phi) is 4.53. The van der Waals surface area contributed by atoms with Crippen molar-refractivity contribution in [1.82, 2.24) is 5.43 Å². The largest absolute Gasteiger partial charge is 0.504 e. The Hall–Kier alpha value is -1.82. The average Bonchev–Trinajstić information content (AvgIpc) is 2.22. The van der Waals surface area contributed by atoms with Crippen LogP contribution < -0.4 is 15.9 Å². The molecule has 0 aliphatic carbocycles. The molecule has 0 aliphatic heterocycles. The van der Waals surface area contributed by atoms with E-state index in [-0.39, 0.29) is 10.9 Å². The van der Waals surface area contributed by atoms with Crippen molar-refractivity contribution < 1.29 is 9.84 Å². The zero-order chi connectivity index (χ0) is 12.0. The van der Waals surface area contributed by atoms with Crippen molar-refractivity contribution in [2.24, 2.45) is 10.8 Å². The van der Waals surface area contributed by atoms with E-state index in [2.05, 4.69) is 22.7 Å². The summed E-state index contributed by atoms with van der Waals surface area (Å²) in [6.07, 6.45) is 1.53. The number of benzene rings is 1. The van der Waals surface area contributed by atoms with Crippen molar-refractivity contribution in [3.8, 4) is 11.5 Å². The van der Waals surface area contributed by atoms with Gasteiger partial charge in [-0.15, -0.1) is 0 Å². The molecular weight excluding hydrogens is 226 g/mol. The Morgan fingerprint density at radius 2 is 2.44 bits per heavy atom. The van der Waals surface area contributed by atoms with E-state index in [0.29, 0.717) is 12.4 Å². The Morgan fingerprint density at radius 3 is 3.06 bits per heavy atom. The third-order valence-electron chi connectivity index (χ3n) is 1.67. The third-order valence-corrected chi connectivity index (χ3v) is 1.76. The topological polar surface area (TPSA) is 79.9 Å². The van der Waals surface area contributed by atoms with Crippen LogP contribution in [0.5, 0.6) is 11.5 Å². The van der Waals surface area contributed by atoms with E-state index < -0.39 is 0 Å². The first-order valence-corrected chi connectivity index (χ1v) is 5.08. The highest BCUT2D eigenvalue weighted by Gasteiger charge is 2.01. The number of rotatable bonds is 4. The van der Waals surface area contributed by atoms with E-state index in [4.69, 9.17) is 10.5 Å². The quantitative estimate of drug-likeness (QED) is 0.414. The van der Waals surface area contributed by atoms with Gasteiger partial charge in [-0.05, 0) is 42.9 Å². The van der Waals surface area contributed by atoms with Gasteiger partial charge in [0.1, 0.15) is 0 Å². The maximum atomic E-state index is 9.45. The van der Waals surface area contributed by atoms with Gasteiger partial charge >= 0.3 is 0 Å². The van der Waals surface area contributed by atoms with Gasteiger partial charge in [-0.1, -0.05) is 0 Å². The number of ether oxygens (including phenoxy) is 1. The molecule has 0 bridgehead atoms. The van der Waals surface area contributed by atoms with Gasteiger partial charge in [0.05, 0.1) is 12.8 Å². The molecular formula is C10H13N3O2S. The standard InChI is InChI=1S/C10H13N3O2S/c1-2-15-9-5-7(3-4-8(9)14)6-12-13-10(11)16/h3-6,14H,2H2,1H3,(H3,11,13,16). The molecule has 0 fully saturated rings. The highest BCUT2D eigenvalue weighted by atomic mass is 32.1. The Balaban J connectivity index is 2.77. The number of hydrazone groups is 1. The minimum absolute atomic E-state index is 0.0973. The van der Waals surface area contributed by atoms with Crippen molar-refractivity contribution in [2.45, 2.75) is 6.92 Å². The van der Waals surface area contributed by atoms with Gasteiger partial charge in [-0.25, -0.2) is 0 Å². The Labute approximate surface area is 98.9 Å². The highest BCUT2D eigenvalue weighted by Crippen LogP contribution is 2.25. The van der Waals surface area contributed by atoms with E-state index in [1.165, 1.54) is 12.3 Å². The van der Waals surface area contributed by atoms with Gasteiger partial charge < -0.3 is 15.6 Å². The molecule has 86 valence electrons. The molecule has 4 N–H and O–H groups in total. The summed E-state index contributed by atoms with van der Waals surface area (Å²) >= 11 is 4.59. The molecule has 1 aromatic rings. The first-order chi connectivity index (χ1) is 7.63. The lowest BCUT2D eigenvalue weighted by atomic mass is 10.2. The maximum absolute atomic E-state index is 9.45. The van der Waals surface area contributed by atoms with Crippen molar-refractivity contribution in [3.05, 3.63) is 23.8 Å².